The van der Waals surface area contributed by atoms with E-state index in [1.54, 1.807) is 17.0 Å². The number of hydrogen-bond acceptors (Lipinski definition) is 4. The molecule has 1 unspecified atom stereocenters. The van der Waals surface area contributed by atoms with E-state index >= 15 is 0 Å². The van der Waals surface area contributed by atoms with Gasteiger partial charge in [-0.15, -0.1) is 12.4 Å². The van der Waals surface area contributed by atoms with Crippen molar-refractivity contribution in [3.63, 3.8) is 0 Å². The molecule has 2 N–H and O–H groups in total. The SMILES string of the molecule is CCN[C@H](C)CNC(=O)C1Cc2ccccc2CN1C(=O)c1ccco1.Cl. The minimum Gasteiger partial charge on any atom is -0.459 e. The predicted octanol–water partition coefficient (Wildman–Crippen LogP) is 2.38. The Bertz CT molecular complexity index is 764. The molecule has 2 amide bonds. The molecule has 0 saturated heterocycles. The number of furan rings is 1. The number of rotatable bonds is 6. The third-order valence-electron chi connectivity index (χ3n) is 4.68. The lowest BCUT2D eigenvalue weighted by molar-refractivity contribution is -0.126. The Kier molecular flexibility index (Phi) is 7.45. The van der Waals surface area contributed by atoms with Crippen LogP contribution < -0.4 is 10.6 Å². The van der Waals surface area contributed by atoms with Crippen LogP contribution in [0.15, 0.2) is 47.1 Å². The third-order valence-corrected chi connectivity index (χ3v) is 4.68. The zero-order valence-corrected chi connectivity index (χ0v) is 16.4. The van der Waals surface area contributed by atoms with Gasteiger partial charge in [-0.3, -0.25) is 9.59 Å². The van der Waals surface area contributed by atoms with Crippen LogP contribution in [0.4, 0.5) is 0 Å². The zero-order chi connectivity index (χ0) is 18.5. The van der Waals surface area contributed by atoms with Crippen LogP contribution in [0.2, 0.25) is 0 Å². The van der Waals surface area contributed by atoms with Gasteiger partial charge in [0.2, 0.25) is 5.91 Å². The highest BCUT2D eigenvalue weighted by atomic mass is 35.5. The van der Waals surface area contributed by atoms with Crippen molar-refractivity contribution in [3.05, 3.63) is 59.5 Å². The molecule has 1 aromatic heterocycles. The Morgan fingerprint density at radius 2 is 1.96 bits per heavy atom. The molecule has 6 nitrogen and oxygen atoms in total. The van der Waals surface area contributed by atoms with Crippen LogP contribution in [-0.4, -0.2) is 41.9 Å². The monoisotopic (exact) mass is 391 g/mol. The van der Waals surface area contributed by atoms with Gasteiger partial charge in [0.05, 0.1) is 6.26 Å². The lowest BCUT2D eigenvalue weighted by Gasteiger charge is -2.35. The molecule has 2 aromatic rings. The van der Waals surface area contributed by atoms with E-state index in [4.69, 9.17) is 4.42 Å². The number of nitrogens with one attached hydrogen (secondary N) is 2. The maximum absolute atomic E-state index is 12.9. The molecule has 0 fully saturated rings. The highest BCUT2D eigenvalue weighted by molar-refractivity contribution is 5.96. The van der Waals surface area contributed by atoms with Gasteiger partial charge in [-0.2, -0.15) is 0 Å². The molecule has 0 bridgehead atoms. The van der Waals surface area contributed by atoms with Crippen molar-refractivity contribution in [2.45, 2.75) is 38.9 Å². The molecule has 7 heteroatoms. The second-order valence-corrected chi connectivity index (χ2v) is 6.60. The lowest BCUT2D eigenvalue weighted by Crippen LogP contribution is -2.54. The molecule has 1 aromatic carbocycles. The number of fused-ring (bicyclic) bond motifs is 1. The molecule has 2 heterocycles. The summed E-state index contributed by atoms with van der Waals surface area (Å²) in [5.74, 6) is -0.142. The number of likely N-dealkylation sites (N-methyl/N-ethyl adjacent to an activating group) is 1. The van der Waals surface area contributed by atoms with Crippen molar-refractivity contribution in [2.75, 3.05) is 13.1 Å². The van der Waals surface area contributed by atoms with E-state index in [1.165, 1.54) is 6.26 Å². The summed E-state index contributed by atoms with van der Waals surface area (Å²) in [5.41, 5.74) is 2.17. The Hall–Kier alpha value is -2.31. The van der Waals surface area contributed by atoms with E-state index in [-0.39, 0.29) is 36.0 Å². The molecule has 2 atom stereocenters. The molecule has 3 rings (SSSR count). The maximum Gasteiger partial charge on any atom is 0.290 e. The number of halogens is 1. The second-order valence-electron chi connectivity index (χ2n) is 6.60. The fourth-order valence-corrected chi connectivity index (χ4v) is 3.30. The minimum absolute atomic E-state index is 0. The topological polar surface area (TPSA) is 74.6 Å². The predicted molar refractivity (Wildman–Crippen MR) is 106 cm³/mol. The Balaban J connectivity index is 0.00000261. The van der Waals surface area contributed by atoms with Crippen molar-refractivity contribution in [1.82, 2.24) is 15.5 Å². The van der Waals surface area contributed by atoms with Crippen LogP contribution in [0.25, 0.3) is 0 Å². The summed E-state index contributed by atoms with van der Waals surface area (Å²) < 4.78 is 5.26. The second kappa shape index (κ2) is 9.58. The highest BCUT2D eigenvalue weighted by Crippen LogP contribution is 2.25. The molecule has 146 valence electrons. The van der Waals surface area contributed by atoms with Gasteiger partial charge in [0.25, 0.3) is 5.91 Å². The summed E-state index contributed by atoms with van der Waals surface area (Å²) in [6, 6.07) is 10.9. The lowest BCUT2D eigenvalue weighted by atomic mass is 9.93. The molecular weight excluding hydrogens is 366 g/mol. The third kappa shape index (κ3) is 4.90. The molecule has 0 aliphatic carbocycles. The normalized spacial score (nSPS) is 16.8. The van der Waals surface area contributed by atoms with Gasteiger partial charge in [-0.05, 0) is 36.7 Å². The number of nitrogens with zero attached hydrogens (tertiary/aromatic N) is 1. The van der Waals surface area contributed by atoms with Crippen LogP contribution in [0.3, 0.4) is 0 Å². The van der Waals surface area contributed by atoms with Crippen molar-refractivity contribution in [3.8, 4) is 0 Å². The Labute approximate surface area is 165 Å². The molecule has 1 aliphatic rings. The first-order valence-corrected chi connectivity index (χ1v) is 9.02. The molecule has 0 radical (unpaired) electrons. The average molecular weight is 392 g/mol. The van der Waals surface area contributed by atoms with Gasteiger partial charge in [0.1, 0.15) is 6.04 Å². The van der Waals surface area contributed by atoms with Gasteiger partial charge in [0, 0.05) is 25.6 Å². The maximum atomic E-state index is 12.9. The van der Waals surface area contributed by atoms with E-state index in [0.29, 0.717) is 19.5 Å². The van der Waals surface area contributed by atoms with Gasteiger partial charge >= 0.3 is 0 Å². The summed E-state index contributed by atoms with van der Waals surface area (Å²) in [6.45, 7) is 5.81. The van der Waals surface area contributed by atoms with E-state index in [1.807, 2.05) is 38.1 Å². The van der Waals surface area contributed by atoms with Crippen molar-refractivity contribution in [2.24, 2.45) is 0 Å². The van der Waals surface area contributed by atoms with E-state index < -0.39 is 6.04 Å². The Morgan fingerprint density at radius 1 is 1.22 bits per heavy atom. The standard InChI is InChI=1S/C20H25N3O3.ClH/c1-3-21-14(2)12-22-19(24)17-11-15-7-4-5-8-16(15)13-23(17)20(25)18-9-6-10-26-18;/h4-10,14,17,21H,3,11-13H2,1-2H3,(H,22,24);1H/t14-,17?;/m1./s1. The first-order chi connectivity index (χ1) is 12.6. The first kappa shape index (κ1) is 21.0. The minimum atomic E-state index is -0.545. The zero-order valence-electron chi connectivity index (χ0n) is 15.6. The smallest absolute Gasteiger partial charge is 0.290 e. The molecule has 0 saturated carbocycles. The van der Waals surface area contributed by atoms with Crippen molar-refractivity contribution >= 4 is 24.2 Å². The van der Waals surface area contributed by atoms with Crippen LogP contribution in [-0.2, 0) is 17.8 Å². The number of amides is 2. The van der Waals surface area contributed by atoms with Crippen LogP contribution in [0.5, 0.6) is 0 Å². The van der Waals surface area contributed by atoms with Gasteiger partial charge in [-0.25, -0.2) is 0 Å². The van der Waals surface area contributed by atoms with E-state index in [9.17, 15) is 9.59 Å². The quantitative estimate of drug-likeness (QED) is 0.792. The van der Waals surface area contributed by atoms with Gasteiger partial charge in [0.15, 0.2) is 5.76 Å². The number of carbonyl (C=O) groups is 2. The van der Waals surface area contributed by atoms with Gasteiger partial charge < -0.3 is 20.0 Å². The number of benzene rings is 1. The van der Waals surface area contributed by atoms with Crippen molar-refractivity contribution in [1.29, 1.82) is 0 Å². The Morgan fingerprint density at radius 3 is 2.63 bits per heavy atom. The molecule has 1 aliphatic heterocycles. The summed E-state index contributed by atoms with van der Waals surface area (Å²) in [4.78, 5) is 27.3. The first-order valence-electron chi connectivity index (χ1n) is 9.02. The highest BCUT2D eigenvalue weighted by Gasteiger charge is 2.35. The summed E-state index contributed by atoms with van der Waals surface area (Å²) in [5, 5.41) is 6.24. The van der Waals surface area contributed by atoms with Crippen molar-refractivity contribution < 1.29 is 14.0 Å². The molecular formula is C20H26ClN3O3. The average Bonchev–Trinajstić information content (AvgIpc) is 3.19. The van der Waals surface area contributed by atoms with Crippen LogP contribution in [0.1, 0.15) is 35.5 Å². The summed E-state index contributed by atoms with van der Waals surface area (Å²) in [6.07, 6.45) is 1.97. The van der Waals surface area contributed by atoms with E-state index in [2.05, 4.69) is 10.6 Å². The van der Waals surface area contributed by atoms with Gasteiger partial charge in [-0.1, -0.05) is 31.2 Å². The molecule has 27 heavy (non-hydrogen) atoms. The van der Waals surface area contributed by atoms with Crippen LogP contribution in [0, 0.1) is 0 Å². The largest absolute Gasteiger partial charge is 0.459 e. The summed E-state index contributed by atoms with van der Waals surface area (Å²) >= 11 is 0. The fourth-order valence-electron chi connectivity index (χ4n) is 3.30. The molecule has 0 spiro atoms. The fraction of sp³-hybridized carbons (Fsp3) is 0.400. The number of carbonyl (C=O) groups excluding carboxylic acids is 2. The van der Waals surface area contributed by atoms with Crippen LogP contribution >= 0.6 is 12.4 Å². The summed E-state index contributed by atoms with van der Waals surface area (Å²) in [7, 11) is 0. The number of hydrogen-bond donors (Lipinski definition) is 2. The van der Waals surface area contributed by atoms with E-state index in [0.717, 1.165) is 17.7 Å².